The van der Waals surface area contributed by atoms with Crippen molar-refractivity contribution in [2.45, 2.75) is 23.5 Å². The highest BCUT2D eigenvalue weighted by Crippen LogP contribution is 2.39. The molecule has 8 heteroatoms. The van der Waals surface area contributed by atoms with Crippen LogP contribution in [-0.2, 0) is 9.47 Å². The van der Waals surface area contributed by atoms with E-state index in [1.807, 2.05) is 4.57 Å². The molecule has 4 atom stereocenters. The Balaban J connectivity index is 1.72. The standard InChI is InChI=1S/C12H15N5O2S/c1-20-7-3-19-9-6(2-18-10(7)9)17-5-16-8-11(13)14-4-15-12(8)17/h4-7,9-10H,2-3H2,1H3,(H2,13,14,15)/t6?,7-,9?,10?/m1/s1. The van der Waals surface area contributed by atoms with Gasteiger partial charge in [0.2, 0.25) is 0 Å². The fourth-order valence-corrected chi connectivity index (χ4v) is 3.71. The van der Waals surface area contributed by atoms with Crippen LogP contribution in [0.5, 0.6) is 0 Å². The van der Waals surface area contributed by atoms with Crippen molar-refractivity contribution in [2.24, 2.45) is 0 Å². The minimum Gasteiger partial charge on any atom is -0.382 e. The maximum atomic E-state index is 5.93. The van der Waals surface area contributed by atoms with Gasteiger partial charge in [0.25, 0.3) is 0 Å². The number of fused-ring (bicyclic) bond motifs is 2. The molecule has 0 saturated carbocycles. The Morgan fingerprint density at radius 1 is 1.25 bits per heavy atom. The summed E-state index contributed by atoms with van der Waals surface area (Å²) in [5.74, 6) is 0.401. The summed E-state index contributed by atoms with van der Waals surface area (Å²) in [6, 6.07) is 0.0939. The Morgan fingerprint density at radius 2 is 2.10 bits per heavy atom. The summed E-state index contributed by atoms with van der Waals surface area (Å²) in [6.45, 7) is 1.35. The molecule has 7 nitrogen and oxygen atoms in total. The topological polar surface area (TPSA) is 88.1 Å². The van der Waals surface area contributed by atoms with Gasteiger partial charge in [-0.1, -0.05) is 0 Å². The van der Waals surface area contributed by atoms with Gasteiger partial charge in [-0.15, -0.1) is 0 Å². The molecule has 2 N–H and O–H groups in total. The second-order valence-corrected chi connectivity index (χ2v) is 6.10. The van der Waals surface area contributed by atoms with E-state index in [9.17, 15) is 0 Å². The average Bonchev–Trinajstić information content (AvgIpc) is 3.11. The van der Waals surface area contributed by atoms with Crippen LogP contribution in [0, 0.1) is 0 Å². The Morgan fingerprint density at radius 3 is 2.95 bits per heavy atom. The monoisotopic (exact) mass is 293 g/mol. The van der Waals surface area contributed by atoms with Gasteiger partial charge in [0, 0.05) is 0 Å². The molecule has 0 aromatic carbocycles. The van der Waals surface area contributed by atoms with Gasteiger partial charge in [-0.25, -0.2) is 15.0 Å². The number of anilines is 1. The number of hydrogen-bond donors (Lipinski definition) is 1. The molecule has 4 rings (SSSR count). The highest BCUT2D eigenvalue weighted by molar-refractivity contribution is 7.99. The van der Waals surface area contributed by atoms with E-state index in [0.29, 0.717) is 23.2 Å². The second-order valence-electron chi connectivity index (χ2n) is 5.02. The zero-order valence-electron chi connectivity index (χ0n) is 11.0. The number of ether oxygens (including phenoxy) is 2. The first kappa shape index (κ1) is 12.4. The van der Waals surface area contributed by atoms with Crippen molar-refractivity contribution in [1.82, 2.24) is 19.5 Å². The number of aromatic nitrogens is 4. The molecule has 3 unspecified atom stereocenters. The summed E-state index contributed by atoms with van der Waals surface area (Å²) in [5, 5.41) is 0.402. The van der Waals surface area contributed by atoms with Crippen LogP contribution in [-0.4, -0.2) is 56.4 Å². The van der Waals surface area contributed by atoms with Gasteiger partial charge < -0.3 is 19.8 Å². The van der Waals surface area contributed by atoms with Gasteiger partial charge in [-0.2, -0.15) is 11.8 Å². The molecule has 0 spiro atoms. The van der Waals surface area contributed by atoms with Crippen molar-refractivity contribution >= 4 is 28.7 Å². The molecule has 2 saturated heterocycles. The van der Waals surface area contributed by atoms with Crippen LogP contribution in [0.3, 0.4) is 0 Å². The molecule has 4 heterocycles. The molecule has 2 aromatic heterocycles. The number of nitrogens with two attached hydrogens (primary N) is 1. The normalized spacial score (nSPS) is 32.9. The minimum atomic E-state index is 0.0565. The highest BCUT2D eigenvalue weighted by atomic mass is 32.2. The zero-order chi connectivity index (χ0) is 13.7. The van der Waals surface area contributed by atoms with E-state index in [1.165, 1.54) is 6.33 Å². The van der Waals surface area contributed by atoms with Crippen molar-refractivity contribution < 1.29 is 9.47 Å². The highest BCUT2D eigenvalue weighted by Gasteiger charge is 2.48. The van der Waals surface area contributed by atoms with E-state index in [2.05, 4.69) is 21.2 Å². The number of nitrogen functional groups attached to an aromatic ring is 1. The van der Waals surface area contributed by atoms with E-state index in [0.717, 1.165) is 12.3 Å². The smallest absolute Gasteiger partial charge is 0.165 e. The molecule has 2 aliphatic rings. The van der Waals surface area contributed by atoms with Crippen LogP contribution in [0.15, 0.2) is 12.7 Å². The van der Waals surface area contributed by atoms with Crippen molar-refractivity contribution in [3.63, 3.8) is 0 Å². The largest absolute Gasteiger partial charge is 0.382 e. The Hall–Kier alpha value is -1.38. The van der Waals surface area contributed by atoms with Crippen LogP contribution >= 0.6 is 11.8 Å². The molecular formula is C12H15N5O2S. The Bertz CT molecular complexity index is 648. The average molecular weight is 293 g/mol. The molecule has 2 fully saturated rings. The number of hydrogen-bond acceptors (Lipinski definition) is 7. The third-order valence-corrected chi connectivity index (χ3v) is 5.04. The lowest BCUT2D eigenvalue weighted by Gasteiger charge is -2.17. The summed E-state index contributed by atoms with van der Waals surface area (Å²) in [7, 11) is 0. The minimum absolute atomic E-state index is 0.0565. The van der Waals surface area contributed by atoms with Gasteiger partial charge in [-0.05, 0) is 6.26 Å². The third-order valence-electron chi connectivity index (χ3n) is 4.03. The number of imidazole rings is 1. The summed E-state index contributed by atoms with van der Waals surface area (Å²) in [5.41, 5.74) is 7.20. The number of thioether (sulfide) groups is 1. The maximum Gasteiger partial charge on any atom is 0.165 e. The molecule has 0 radical (unpaired) electrons. The lowest BCUT2D eigenvalue weighted by molar-refractivity contribution is 0.0655. The van der Waals surface area contributed by atoms with Gasteiger partial charge in [0.1, 0.15) is 17.9 Å². The van der Waals surface area contributed by atoms with Crippen molar-refractivity contribution in [2.75, 3.05) is 25.2 Å². The summed E-state index contributed by atoms with van der Waals surface area (Å²) in [6.07, 6.45) is 5.51. The van der Waals surface area contributed by atoms with Crippen LogP contribution < -0.4 is 5.73 Å². The first-order valence-electron chi connectivity index (χ1n) is 6.48. The second kappa shape index (κ2) is 4.57. The molecular weight excluding hydrogens is 278 g/mol. The van der Waals surface area contributed by atoms with Gasteiger partial charge in [-0.3, -0.25) is 0 Å². The Kier molecular flexibility index (Phi) is 2.83. The van der Waals surface area contributed by atoms with Gasteiger partial charge >= 0.3 is 0 Å². The molecule has 2 aliphatic heterocycles. The molecule has 0 aliphatic carbocycles. The van der Waals surface area contributed by atoms with E-state index >= 15 is 0 Å². The van der Waals surface area contributed by atoms with E-state index in [-0.39, 0.29) is 18.2 Å². The summed E-state index contributed by atoms with van der Waals surface area (Å²) in [4.78, 5) is 12.6. The molecule has 2 aromatic rings. The van der Waals surface area contributed by atoms with Crippen LogP contribution in [0.2, 0.25) is 0 Å². The fourth-order valence-electron chi connectivity index (χ4n) is 3.00. The third kappa shape index (κ3) is 1.65. The first-order valence-corrected chi connectivity index (χ1v) is 7.77. The van der Waals surface area contributed by atoms with Crippen LogP contribution in [0.25, 0.3) is 11.2 Å². The predicted molar refractivity (Wildman–Crippen MR) is 75.6 cm³/mol. The quantitative estimate of drug-likeness (QED) is 0.861. The van der Waals surface area contributed by atoms with E-state index < -0.39 is 0 Å². The predicted octanol–water partition coefficient (Wildman–Crippen LogP) is 0.479. The summed E-state index contributed by atoms with van der Waals surface area (Å²) < 4.78 is 13.9. The maximum absolute atomic E-state index is 5.93. The van der Waals surface area contributed by atoms with Gasteiger partial charge in [0.15, 0.2) is 11.5 Å². The van der Waals surface area contributed by atoms with Gasteiger partial charge in [0.05, 0.1) is 36.9 Å². The van der Waals surface area contributed by atoms with E-state index in [4.69, 9.17) is 15.2 Å². The molecule has 106 valence electrons. The number of nitrogens with zero attached hydrogens (tertiary/aromatic N) is 4. The van der Waals surface area contributed by atoms with Crippen molar-refractivity contribution in [3.8, 4) is 0 Å². The van der Waals surface area contributed by atoms with Crippen molar-refractivity contribution in [3.05, 3.63) is 12.7 Å². The lowest BCUT2D eigenvalue weighted by Crippen LogP contribution is -2.28. The van der Waals surface area contributed by atoms with Crippen molar-refractivity contribution in [1.29, 1.82) is 0 Å². The zero-order valence-corrected chi connectivity index (χ0v) is 11.8. The SMILES string of the molecule is CS[C@@H]1COC2C1OCC2n1cnc2c(N)ncnc21. The lowest BCUT2D eigenvalue weighted by atomic mass is 10.1. The summed E-state index contributed by atoms with van der Waals surface area (Å²) >= 11 is 1.79. The van der Waals surface area contributed by atoms with E-state index in [1.54, 1.807) is 18.1 Å². The fraction of sp³-hybridized carbons (Fsp3) is 0.583. The molecule has 0 bridgehead atoms. The van der Waals surface area contributed by atoms with Crippen LogP contribution in [0.1, 0.15) is 6.04 Å². The number of rotatable bonds is 2. The first-order chi connectivity index (χ1) is 9.79. The molecule has 20 heavy (non-hydrogen) atoms. The van der Waals surface area contributed by atoms with Crippen LogP contribution in [0.4, 0.5) is 5.82 Å². The Labute approximate surface area is 119 Å². The molecule has 0 amide bonds.